The van der Waals surface area contributed by atoms with Gasteiger partial charge in [-0.15, -0.1) is 0 Å². The lowest BCUT2D eigenvalue weighted by molar-refractivity contribution is -0.146. The first kappa shape index (κ1) is 22.7. The van der Waals surface area contributed by atoms with Crippen molar-refractivity contribution < 1.29 is 14.4 Å². The quantitative estimate of drug-likeness (QED) is 0.424. The third kappa shape index (κ3) is 2.67. The van der Waals surface area contributed by atoms with E-state index in [1.807, 2.05) is 105 Å². The molecule has 4 nitrogen and oxygen atoms in total. The molecule has 0 N–H and O–H groups in total. The SMILES string of the molecule is CC[C@@]12C(=O)[C@](CC)(C(c3ccccc3)=C1c1ccccc1)[C@H]1C(=O)N(Cc3ccccc3)C(=O)[C@H]12. The van der Waals surface area contributed by atoms with Gasteiger partial charge in [0.25, 0.3) is 0 Å². The van der Waals surface area contributed by atoms with Crippen LogP contribution < -0.4 is 0 Å². The van der Waals surface area contributed by atoms with Crippen molar-refractivity contribution in [3.63, 3.8) is 0 Å². The van der Waals surface area contributed by atoms with Crippen molar-refractivity contribution in [3.8, 4) is 0 Å². The molecular formula is C32H29NO3. The van der Waals surface area contributed by atoms with Gasteiger partial charge in [-0.05, 0) is 40.7 Å². The lowest BCUT2D eigenvalue weighted by Crippen LogP contribution is -2.41. The number of likely N-dealkylation sites (tertiary alicyclic amines) is 1. The minimum absolute atomic E-state index is 0.0498. The summed E-state index contributed by atoms with van der Waals surface area (Å²) in [6, 6.07) is 29.6. The highest BCUT2D eigenvalue weighted by Crippen LogP contribution is 2.75. The molecule has 1 saturated carbocycles. The van der Waals surface area contributed by atoms with Crippen molar-refractivity contribution in [1.82, 2.24) is 4.90 Å². The first-order valence-corrected chi connectivity index (χ1v) is 12.8. The molecule has 3 aromatic rings. The van der Waals surface area contributed by atoms with Crippen LogP contribution >= 0.6 is 0 Å². The summed E-state index contributed by atoms with van der Waals surface area (Å²) in [5, 5.41) is 0. The third-order valence-corrected chi connectivity index (χ3v) is 8.84. The summed E-state index contributed by atoms with van der Waals surface area (Å²) in [6.07, 6.45) is 0.959. The normalized spacial score (nSPS) is 28.8. The summed E-state index contributed by atoms with van der Waals surface area (Å²) < 4.78 is 0. The number of amides is 2. The summed E-state index contributed by atoms with van der Waals surface area (Å²) in [6.45, 7) is 4.23. The van der Waals surface area contributed by atoms with Crippen molar-refractivity contribution in [2.24, 2.45) is 22.7 Å². The summed E-state index contributed by atoms with van der Waals surface area (Å²) in [5.41, 5.74) is 2.66. The van der Waals surface area contributed by atoms with Gasteiger partial charge in [0.2, 0.25) is 11.8 Å². The Labute approximate surface area is 211 Å². The van der Waals surface area contributed by atoms with Crippen LogP contribution in [-0.4, -0.2) is 22.5 Å². The molecule has 6 rings (SSSR count). The predicted octanol–water partition coefficient (Wildman–Crippen LogP) is 5.79. The second-order valence-electron chi connectivity index (χ2n) is 10.2. The van der Waals surface area contributed by atoms with E-state index in [9.17, 15) is 14.4 Å². The number of nitrogens with zero attached hydrogens (tertiary/aromatic N) is 1. The van der Waals surface area contributed by atoms with Crippen molar-refractivity contribution in [2.75, 3.05) is 0 Å². The van der Waals surface area contributed by atoms with Gasteiger partial charge < -0.3 is 0 Å². The van der Waals surface area contributed by atoms with Crippen LogP contribution in [0.1, 0.15) is 43.4 Å². The molecule has 2 amide bonds. The molecule has 180 valence electrons. The van der Waals surface area contributed by atoms with Crippen LogP contribution in [0, 0.1) is 22.7 Å². The Hall–Kier alpha value is -3.79. The Morgan fingerprint density at radius 1 is 0.611 bits per heavy atom. The monoisotopic (exact) mass is 475 g/mol. The number of imide groups is 1. The molecule has 0 spiro atoms. The lowest BCUT2D eigenvalue weighted by atomic mass is 9.60. The van der Waals surface area contributed by atoms with Crippen LogP contribution in [0.3, 0.4) is 0 Å². The first-order chi connectivity index (χ1) is 17.5. The van der Waals surface area contributed by atoms with Crippen molar-refractivity contribution in [2.45, 2.75) is 33.2 Å². The zero-order valence-corrected chi connectivity index (χ0v) is 20.6. The minimum Gasteiger partial charge on any atom is -0.298 e. The van der Waals surface area contributed by atoms with Gasteiger partial charge in [-0.3, -0.25) is 19.3 Å². The first-order valence-electron chi connectivity index (χ1n) is 12.8. The zero-order valence-electron chi connectivity index (χ0n) is 20.6. The van der Waals surface area contributed by atoms with E-state index in [1.165, 1.54) is 4.90 Å². The van der Waals surface area contributed by atoms with Gasteiger partial charge in [-0.25, -0.2) is 0 Å². The maximum atomic E-state index is 14.6. The number of Topliss-reactive ketones (excluding diaryl/α,β-unsaturated/α-hetero) is 1. The van der Waals surface area contributed by atoms with Gasteiger partial charge in [0, 0.05) is 0 Å². The number of carbonyl (C=O) groups is 3. The van der Waals surface area contributed by atoms with Gasteiger partial charge in [0.1, 0.15) is 0 Å². The molecule has 4 atom stereocenters. The predicted molar refractivity (Wildman–Crippen MR) is 139 cm³/mol. The highest BCUT2D eigenvalue weighted by Gasteiger charge is 2.80. The molecule has 1 heterocycles. The van der Waals surface area contributed by atoms with Crippen LogP contribution in [0.4, 0.5) is 0 Å². The molecule has 4 heteroatoms. The standard InChI is InChI=1S/C32H29NO3/c1-3-31-24(22-16-10-6-11-17-22)25(23-18-12-7-13-19-23)32(4-2,30(31)36)27-26(31)28(34)33(29(27)35)20-21-14-8-5-9-15-21/h5-19,26-27H,3-4,20H2,1-2H3/t26-,27+,31-,32-/m1/s1. The van der Waals surface area contributed by atoms with Crippen molar-refractivity contribution in [3.05, 3.63) is 108 Å². The zero-order chi connectivity index (χ0) is 25.1. The van der Waals surface area contributed by atoms with Gasteiger partial charge in [-0.1, -0.05) is 105 Å². The van der Waals surface area contributed by atoms with E-state index >= 15 is 0 Å². The summed E-state index contributed by atoms with van der Waals surface area (Å²) in [5.74, 6) is -1.71. The van der Waals surface area contributed by atoms with Crippen molar-refractivity contribution in [1.29, 1.82) is 0 Å². The van der Waals surface area contributed by atoms with Crippen LogP contribution in [0.5, 0.6) is 0 Å². The average Bonchev–Trinajstić information content (AvgIpc) is 3.42. The average molecular weight is 476 g/mol. The minimum atomic E-state index is -1.02. The number of rotatable bonds is 6. The lowest BCUT2D eigenvalue weighted by Gasteiger charge is -2.38. The maximum absolute atomic E-state index is 14.6. The van der Waals surface area contributed by atoms with Crippen LogP contribution in [-0.2, 0) is 20.9 Å². The van der Waals surface area contributed by atoms with Gasteiger partial charge in [0.05, 0.1) is 29.2 Å². The van der Waals surface area contributed by atoms with Crippen LogP contribution in [0.25, 0.3) is 11.1 Å². The Morgan fingerprint density at radius 2 is 1.00 bits per heavy atom. The molecule has 0 aromatic heterocycles. The Bertz CT molecular complexity index is 1310. The maximum Gasteiger partial charge on any atom is 0.234 e. The van der Waals surface area contributed by atoms with Gasteiger partial charge >= 0.3 is 0 Å². The van der Waals surface area contributed by atoms with Crippen LogP contribution in [0.15, 0.2) is 91.0 Å². The Morgan fingerprint density at radius 3 is 1.39 bits per heavy atom. The van der Waals surface area contributed by atoms with E-state index < -0.39 is 22.7 Å². The number of carbonyl (C=O) groups excluding carboxylic acids is 3. The molecule has 0 radical (unpaired) electrons. The van der Waals surface area contributed by atoms with Gasteiger partial charge in [0.15, 0.2) is 5.78 Å². The second kappa shape index (κ2) is 8.12. The Balaban J connectivity index is 1.62. The van der Waals surface area contributed by atoms with E-state index in [-0.39, 0.29) is 24.1 Å². The Kier molecular flexibility index (Phi) is 5.11. The fourth-order valence-corrected chi connectivity index (χ4v) is 7.43. The largest absolute Gasteiger partial charge is 0.298 e. The van der Waals surface area contributed by atoms with Crippen LogP contribution in [0.2, 0.25) is 0 Å². The number of allylic oxidation sites excluding steroid dienone is 2. The molecule has 36 heavy (non-hydrogen) atoms. The second-order valence-corrected chi connectivity index (χ2v) is 10.2. The van der Waals surface area contributed by atoms with E-state index in [4.69, 9.17) is 0 Å². The molecular weight excluding hydrogens is 446 g/mol. The summed E-state index contributed by atoms with van der Waals surface area (Å²) in [7, 11) is 0. The molecule has 0 unspecified atom stereocenters. The topological polar surface area (TPSA) is 54.5 Å². The van der Waals surface area contributed by atoms with E-state index in [0.717, 1.165) is 27.8 Å². The summed E-state index contributed by atoms with van der Waals surface area (Å²) >= 11 is 0. The molecule has 2 fully saturated rings. The fourth-order valence-electron chi connectivity index (χ4n) is 7.43. The molecule has 2 bridgehead atoms. The molecule has 1 saturated heterocycles. The number of benzene rings is 3. The fraction of sp³-hybridized carbons (Fsp3) is 0.281. The molecule has 3 aliphatic rings. The number of hydrogen-bond acceptors (Lipinski definition) is 3. The number of fused-ring (bicyclic) bond motifs is 5. The van der Waals surface area contributed by atoms with E-state index in [2.05, 4.69) is 0 Å². The summed E-state index contributed by atoms with van der Waals surface area (Å²) in [4.78, 5) is 44.3. The molecule has 2 aliphatic carbocycles. The number of hydrogen-bond donors (Lipinski definition) is 0. The van der Waals surface area contributed by atoms with E-state index in [1.54, 1.807) is 0 Å². The molecule has 1 aliphatic heterocycles. The smallest absolute Gasteiger partial charge is 0.234 e. The molecule has 3 aromatic carbocycles. The van der Waals surface area contributed by atoms with E-state index in [0.29, 0.717) is 12.8 Å². The number of ketones is 1. The highest BCUT2D eigenvalue weighted by atomic mass is 16.2. The highest BCUT2D eigenvalue weighted by molar-refractivity contribution is 6.29. The third-order valence-electron chi connectivity index (χ3n) is 8.84. The van der Waals surface area contributed by atoms with Gasteiger partial charge in [-0.2, -0.15) is 0 Å². The van der Waals surface area contributed by atoms with Crippen molar-refractivity contribution >= 4 is 28.7 Å².